The minimum atomic E-state index is 0.609. The van der Waals surface area contributed by atoms with E-state index in [2.05, 4.69) is 44.0 Å². The van der Waals surface area contributed by atoms with Gasteiger partial charge in [0.15, 0.2) is 0 Å². The molecule has 0 saturated heterocycles. The predicted octanol–water partition coefficient (Wildman–Crippen LogP) is 4.48. The summed E-state index contributed by atoms with van der Waals surface area (Å²) in [6.45, 7) is 6.54. The van der Waals surface area contributed by atoms with E-state index >= 15 is 0 Å². The van der Waals surface area contributed by atoms with Crippen LogP contribution in [0.5, 0.6) is 0 Å². The average Bonchev–Trinajstić information content (AvgIpc) is 2.27. The minimum Gasteiger partial charge on any atom is -0.257 e. The second-order valence-corrected chi connectivity index (χ2v) is 4.45. The van der Waals surface area contributed by atoms with Crippen LogP contribution in [0.1, 0.15) is 39.3 Å². The molecule has 1 nitrogen and oxygen atoms in total. The van der Waals surface area contributed by atoms with Crippen LogP contribution in [0.4, 0.5) is 0 Å². The Morgan fingerprint density at radius 1 is 1.38 bits per heavy atom. The largest absolute Gasteiger partial charge is 0.257 e. The third kappa shape index (κ3) is 5.50. The molecule has 0 N–H and O–H groups in total. The molecule has 0 bridgehead atoms. The highest BCUT2D eigenvalue weighted by Crippen LogP contribution is 2.10. The molecule has 0 aliphatic rings. The third-order valence-corrected chi connectivity index (χ3v) is 2.46. The molecule has 0 radical (unpaired) electrons. The molecule has 0 saturated carbocycles. The Labute approximate surface area is 98.9 Å². The molecular formula is C15H21N. The smallest absolute Gasteiger partial charge is 0.0626 e. The Kier molecular flexibility index (Phi) is 5.55. The van der Waals surface area contributed by atoms with Crippen LogP contribution in [0.3, 0.4) is 0 Å². The van der Waals surface area contributed by atoms with Gasteiger partial charge in [-0.25, -0.2) is 0 Å². The summed E-state index contributed by atoms with van der Waals surface area (Å²) in [5.74, 6) is 0.609. The molecule has 1 heterocycles. The average molecular weight is 215 g/mol. The van der Waals surface area contributed by atoms with E-state index in [-0.39, 0.29) is 0 Å². The second-order valence-electron chi connectivity index (χ2n) is 4.45. The first kappa shape index (κ1) is 12.7. The molecule has 1 aromatic rings. The molecule has 0 fully saturated rings. The summed E-state index contributed by atoms with van der Waals surface area (Å²) in [6, 6.07) is 5.98. The van der Waals surface area contributed by atoms with Gasteiger partial charge >= 0.3 is 0 Å². The van der Waals surface area contributed by atoms with E-state index in [9.17, 15) is 0 Å². The summed E-state index contributed by atoms with van der Waals surface area (Å²) >= 11 is 0. The third-order valence-electron chi connectivity index (χ3n) is 2.46. The summed E-state index contributed by atoms with van der Waals surface area (Å²) in [5.41, 5.74) is 2.44. The SMILES string of the molecule is CC(C)=CCCC(C)/C=C/c1ccccn1. The lowest BCUT2D eigenvalue weighted by molar-refractivity contribution is 0.659. The zero-order chi connectivity index (χ0) is 11.8. The van der Waals surface area contributed by atoms with Crippen molar-refractivity contribution in [1.82, 2.24) is 4.98 Å². The molecule has 0 spiro atoms. The Morgan fingerprint density at radius 2 is 2.19 bits per heavy atom. The van der Waals surface area contributed by atoms with Gasteiger partial charge in [0.2, 0.25) is 0 Å². The first-order chi connectivity index (χ1) is 7.68. The van der Waals surface area contributed by atoms with E-state index in [1.54, 1.807) is 0 Å². The summed E-state index contributed by atoms with van der Waals surface area (Å²) in [6.07, 6.45) is 10.8. The molecule has 0 aliphatic carbocycles. The van der Waals surface area contributed by atoms with Crippen LogP contribution in [-0.2, 0) is 0 Å². The monoisotopic (exact) mass is 215 g/mol. The van der Waals surface area contributed by atoms with Crippen LogP contribution in [-0.4, -0.2) is 4.98 Å². The number of allylic oxidation sites excluding steroid dienone is 3. The maximum atomic E-state index is 4.26. The topological polar surface area (TPSA) is 12.9 Å². The summed E-state index contributed by atoms with van der Waals surface area (Å²) in [5, 5.41) is 0. The number of nitrogens with zero attached hydrogens (tertiary/aromatic N) is 1. The fraction of sp³-hybridized carbons (Fsp3) is 0.400. The molecule has 0 aliphatic heterocycles. The minimum absolute atomic E-state index is 0.609. The molecular weight excluding hydrogens is 194 g/mol. The van der Waals surface area contributed by atoms with Crippen molar-refractivity contribution >= 4 is 6.08 Å². The molecule has 1 atom stereocenters. The molecule has 0 aromatic carbocycles. The molecule has 86 valence electrons. The molecule has 1 rings (SSSR count). The van der Waals surface area contributed by atoms with Crippen molar-refractivity contribution in [1.29, 1.82) is 0 Å². The molecule has 1 unspecified atom stereocenters. The van der Waals surface area contributed by atoms with Crippen LogP contribution in [0.15, 0.2) is 42.1 Å². The Hall–Kier alpha value is -1.37. The Morgan fingerprint density at radius 3 is 2.81 bits per heavy atom. The van der Waals surface area contributed by atoms with Gasteiger partial charge in [-0.15, -0.1) is 0 Å². The number of hydrogen-bond donors (Lipinski definition) is 0. The van der Waals surface area contributed by atoms with E-state index in [4.69, 9.17) is 0 Å². The summed E-state index contributed by atoms with van der Waals surface area (Å²) in [4.78, 5) is 4.26. The zero-order valence-corrected chi connectivity index (χ0v) is 10.5. The van der Waals surface area contributed by atoms with Gasteiger partial charge in [-0.3, -0.25) is 4.98 Å². The fourth-order valence-corrected chi connectivity index (χ4v) is 1.47. The lowest BCUT2D eigenvalue weighted by Crippen LogP contribution is -1.88. The number of aromatic nitrogens is 1. The van der Waals surface area contributed by atoms with Gasteiger partial charge < -0.3 is 0 Å². The van der Waals surface area contributed by atoms with E-state index in [1.807, 2.05) is 24.4 Å². The van der Waals surface area contributed by atoms with Gasteiger partial charge in [-0.1, -0.05) is 30.7 Å². The lowest BCUT2D eigenvalue weighted by Gasteiger charge is -2.03. The maximum Gasteiger partial charge on any atom is 0.0626 e. The number of hydrogen-bond acceptors (Lipinski definition) is 1. The van der Waals surface area contributed by atoms with Gasteiger partial charge in [-0.05, 0) is 50.8 Å². The van der Waals surface area contributed by atoms with Crippen molar-refractivity contribution in [3.8, 4) is 0 Å². The highest BCUT2D eigenvalue weighted by atomic mass is 14.6. The van der Waals surface area contributed by atoms with E-state index in [0.29, 0.717) is 5.92 Å². The van der Waals surface area contributed by atoms with Crippen molar-refractivity contribution in [3.05, 3.63) is 47.8 Å². The summed E-state index contributed by atoms with van der Waals surface area (Å²) < 4.78 is 0. The van der Waals surface area contributed by atoms with Crippen LogP contribution >= 0.6 is 0 Å². The van der Waals surface area contributed by atoms with Gasteiger partial charge in [0.05, 0.1) is 5.69 Å². The first-order valence-corrected chi connectivity index (χ1v) is 5.91. The van der Waals surface area contributed by atoms with Gasteiger partial charge in [-0.2, -0.15) is 0 Å². The van der Waals surface area contributed by atoms with Crippen molar-refractivity contribution in [2.24, 2.45) is 5.92 Å². The molecule has 16 heavy (non-hydrogen) atoms. The molecule has 1 heteroatoms. The van der Waals surface area contributed by atoms with Crippen molar-refractivity contribution in [2.75, 3.05) is 0 Å². The normalized spacial score (nSPS) is 12.7. The van der Waals surface area contributed by atoms with Crippen LogP contribution in [0, 0.1) is 5.92 Å². The number of rotatable bonds is 5. The summed E-state index contributed by atoms with van der Waals surface area (Å²) in [7, 11) is 0. The van der Waals surface area contributed by atoms with Crippen molar-refractivity contribution in [3.63, 3.8) is 0 Å². The van der Waals surface area contributed by atoms with Crippen LogP contribution in [0.2, 0.25) is 0 Å². The van der Waals surface area contributed by atoms with Crippen LogP contribution < -0.4 is 0 Å². The fourth-order valence-electron chi connectivity index (χ4n) is 1.47. The standard InChI is InChI=1S/C15H21N/c1-13(2)7-6-8-14(3)10-11-15-9-4-5-12-16-15/h4-5,7,9-12,14H,6,8H2,1-3H3/b11-10+. The second kappa shape index (κ2) is 7.00. The molecule has 1 aromatic heterocycles. The van der Waals surface area contributed by atoms with E-state index in [1.165, 1.54) is 12.0 Å². The quantitative estimate of drug-likeness (QED) is 0.660. The van der Waals surface area contributed by atoms with Crippen LogP contribution in [0.25, 0.3) is 6.08 Å². The van der Waals surface area contributed by atoms with E-state index in [0.717, 1.165) is 12.1 Å². The Balaban J connectivity index is 2.37. The van der Waals surface area contributed by atoms with E-state index < -0.39 is 0 Å². The number of pyridine rings is 1. The van der Waals surface area contributed by atoms with Gasteiger partial charge in [0, 0.05) is 6.20 Å². The zero-order valence-electron chi connectivity index (χ0n) is 10.5. The molecule has 0 amide bonds. The maximum absolute atomic E-state index is 4.26. The highest BCUT2D eigenvalue weighted by Gasteiger charge is 1.95. The highest BCUT2D eigenvalue weighted by molar-refractivity contribution is 5.43. The van der Waals surface area contributed by atoms with Gasteiger partial charge in [0.25, 0.3) is 0 Å². The lowest BCUT2D eigenvalue weighted by atomic mass is 10.0. The Bertz CT molecular complexity index is 345. The van der Waals surface area contributed by atoms with Crippen molar-refractivity contribution in [2.45, 2.75) is 33.6 Å². The van der Waals surface area contributed by atoms with Gasteiger partial charge in [0.1, 0.15) is 0 Å². The predicted molar refractivity (Wildman–Crippen MR) is 71.1 cm³/mol. The first-order valence-electron chi connectivity index (χ1n) is 5.91. The van der Waals surface area contributed by atoms with Crippen molar-refractivity contribution < 1.29 is 0 Å².